The SMILES string of the molecule is O=C(C[C@H](Cc1ccc(Cl)cc1)C(=O)O)Nc1ccc(OC(F)(F)F)cc1. The standard InChI is InChI=1S/C18H15ClF3NO4/c19-13-3-1-11(2-4-13)9-12(17(25)26)10-16(24)23-14-5-7-15(8-6-14)27-18(20,21)22/h1-8,12H,9-10H2,(H,23,24)(H,25,26)/t12-/m0/s1. The Morgan fingerprint density at radius 2 is 1.67 bits per heavy atom. The van der Waals surface area contributed by atoms with E-state index in [0.29, 0.717) is 10.6 Å². The van der Waals surface area contributed by atoms with Crippen molar-refractivity contribution in [3.63, 3.8) is 0 Å². The molecule has 0 fully saturated rings. The van der Waals surface area contributed by atoms with Crippen LogP contribution in [0.15, 0.2) is 48.5 Å². The van der Waals surface area contributed by atoms with Gasteiger partial charge in [0, 0.05) is 17.1 Å². The molecule has 2 aromatic carbocycles. The van der Waals surface area contributed by atoms with Gasteiger partial charge in [0.1, 0.15) is 5.75 Å². The van der Waals surface area contributed by atoms with E-state index in [1.165, 1.54) is 12.1 Å². The average Bonchev–Trinajstić information content (AvgIpc) is 2.56. The summed E-state index contributed by atoms with van der Waals surface area (Å²) in [6.07, 6.45) is -4.96. The zero-order valence-corrected chi connectivity index (χ0v) is 14.6. The van der Waals surface area contributed by atoms with Gasteiger partial charge < -0.3 is 15.2 Å². The van der Waals surface area contributed by atoms with Gasteiger partial charge in [-0.1, -0.05) is 23.7 Å². The average molecular weight is 402 g/mol. The van der Waals surface area contributed by atoms with E-state index >= 15 is 0 Å². The highest BCUT2D eigenvalue weighted by atomic mass is 35.5. The summed E-state index contributed by atoms with van der Waals surface area (Å²) in [6, 6.07) is 11.2. The first kappa shape index (κ1) is 20.6. The third-order valence-corrected chi connectivity index (χ3v) is 3.80. The molecule has 1 atom stereocenters. The molecule has 0 unspecified atom stereocenters. The second kappa shape index (κ2) is 8.77. The Labute approximate surface area is 157 Å². The zero-order chi connectivity index (χ0) is 20.0. The van der Waals surface area contributed by atoms with E-state index in [1.807, 2.05) is 0 Å². The van der Waals surface area contributed by atoms with Crippen molar-refractivity contribution in [1.82, 2.24) is 0 Å². The third kappa shape index (κ3) is 7.18. The van der Waals surface area contributed by atoms with E-state index in [2.05, 4.69) is 10.1 Å². The predicted octanol–water partition coefficient (Wildman–Crippen LogP) is 4.51. The molecule has 0 aliphatic carbocycles. The number of hydrogen-bond donors (Lipinski definition) is 2. The first-order valence-corrected chi connectivity index (χ1v) is 8.13. The fourth-order valence-corrected chi connectivity index (χ4v) is 2.45. The van der Waals surface area contributed by atoms with Gasteiger partial charge in [0.15, 0.2) is 0 Å². The lowest BCUT2D eigenvalue weighted by Gasteiger charge is -2.13. The number of halogens is 4. The summed E-state index contributed by atoms with van der Waals surface area (Å²) in [5.74, 6) is -3.08. The highest BCUT2D eigenvalue weighted by Gasteiger charge is 2.31. The normalized spacial score (nSPS) is 12.3. The number of carboxylic acids is 1. The molecule has 0 saturated heterocycles. The highest BCUT2D eigenvalue weighted by molar-refractivity contribution is 6.30. The van der Waals surface area contributed by atoms with Crippen LogP contribution in [-0.2, 0) is 16.0 Å². The number of rotatable bonds is 7. The Bertz CT molecular complexity index is 792. The van der Waals surface area contributed by atoms with E-state index in [4.69, 9.17) is 11.6 Å². The molecule has 27 heavy (non-hydrogen) atoms. The number of ether oxygens (including phenoxy) is 1. The van der Waals surface area contributed by atoms with Gasteiger partial charge in [-0.15, -0.1) is 13.2 Å². The maximum Gasteiger partial charge on any atom is 0.573 e. The Hall–Kier alpha value is -2.74. The largest absolute Gasteiger partial charge is 0.573 e. The van der Waals surface area contributed by atoms with Crippen molar-refractivity contribution in [3.05, 3.63) is 59.1 Å². The molecule has 0 heterocycles. The van der Waals surface area contributed by atoms with Gasteiger partial charge in [0.2, 0.25) is 5.91 Å². The van der Waals surface area contributed by atoms with Crippen molar-refractivity contribution in [1.29, 1.82) is 0 Å². The number of carboxylic acid groups (broad SMARTS) is 1. The van der Waals surface area contributed by atoms with Gasteiger partial charge in [0.05, 0.1) is 5.92 Å². The molecular weight excluding hydrogens is 387 g/mol. The molecule has 0 saturated carbocycles. The minimum absolute atomic E-state index is 0.137. The number of benzene rings is 2. The van der Waals surface area contributed by atoms with Crippen molar-refractivity contribution in [2.24, 2.45) is 5.92 Å². The Morgan fingerprint density at radius 1 is 1.07 bits per heavy atom. The van der Waals surface area contributed by atoms with Gasteiger partial charge >= 0.3 is 12.3 Å². The number of amides is 1. The number of nitrogens with one attached hydrogen (secondary N) is 1. The Morgan fingerprint density at radius 3 is 2.19 bits per heavy atom. The van der Waals surface area contributed by atoms with Gasteiger partial charge in [-0.2, -0.15) is 0 Å². The van der Waals surface area contributed by atoms with Crippen LogP contribution < -0.4 is 10.1 Å². The second-order valence-corrected chi connectivity index (χ2v) is 6.13. The van der Waals surface area contributed by atoms with E-state index < -0.39 is 29.9 Å². The van der Waals surface area contributed by atoms with E-state index in [0.717, 1.165) is 12.1 Å². The van der Waals surface area contributed by atoms with E-state index in [-0.39, 0.29) is 18.5 Å². The van der Waals surface area contributed by atoms with Crippen LogP contribution in [0.2, 0.25) is 5.02 Å². The molecule has 0 aromatic heterocycles. The van der Waals surface area contributed by atoms with Crippen LogP contribution in [0.4, 0.5) is 18.9 Å². The lowest BCUT2D eigenvalue weighted by molar-refractivity contribution is -0.274. The van der Waals surface area contributed by atoms with Crippen molar-refractivity contribution in [2.75, 3.05) is 5.32 Å². The van der Waals surface area contributed by atoms with Crippen LogP contribution in [0.1, 0.15) is 12.0 Å². The molecule has 2 rings (SSSR count). The van der Waals surface area contributed by atoms with Crippen LogP contribution in [0.25, 0.3) is 0 Å². The highest BCUT2D eigenvalue weighted by Crippen LogP contribution is 2.24. The fourth-order valence-electron chi connectivity index (χ4n) is 2.33. The smallest absolute Gasteiger partial charge is 0.481 e. The lowest BCUT2D eigenvalue weighted by Crippen LogP contribution is -2.24. The monoisotopic (exact) mass is 401 g/mol. The molecule has 0 aliphatic heterocycles. The van der Waals surface area contributed by atoms with Crippen LogP contribution in [-0.4, -0.2) is 23.3 Å². The minimum atomic E-state index is -4.80. The first-order chi connectivity index (χ1) is 12.6. The van der Waals surface area contributed by atoms with Crippen molar-refractivity contribution in [3.8, 4) is 5.75 Å². The third-order valence-electron chi connectivity index (χ3n) is 3.55. The van der Waals surface area contributed by atoms with Gasteiger partial charge in [0.25, 0.3) is 0 Å². The van der Waals surface area contributed by atoms with E-state index in [1.54, 1.807) is 24.3 Å². The molecule has 0 bridgehead atoms. The molecule has 0 spiro atoms. The predicted molar refractivity (Wildman–Crippen MR) is 92.7 cm³/mol. The van der Waals surface area contributed by atoms with Crippen LogP contribution in [0, 0.1) is 5.92 Å². The van der Waals surface area contributed by atoms with Crippen molar-refractivity contribution in [2.45, 2.75) is 19.2 Å². The van der Waals surface area contributed by atoms with Crippen LogP contribution in [0.5, 0.6) is 5.75 Å². The number of carbonyl (C=O) groups excluding carboxylic acids is 1. The summed E-state index contributed by atoms with van der Waals surface area (Å²) >= 11 is 5.78. The van der Waals surface area contributed by atoms with Gasteiger partial charge in [-0.05, 0) is 48.4 Å². The molecule has 2 N–H and O–H groups in total. The molecule has 144 valence electrons. The summed E-state index contributed by atoms with van der Waals surface area (Å²) in [4.78, 5) is 23.5. The molecule has 2 aromatic rings. The van der Waals surface area contributed by atoms with Crippen LogP contribution >= 0.6 is 11.6 Å². The summed E-state index contributed by atoms with van der Waals surface area (Å²) in [5, 5.41) is 12.3. The van der Waals surface area contributed by atoms with Crippen LogP contribution in [0.3, 0.4) is 0 Å². The summed E-state index contributed by atoms with van der Waals surface area (Å²) < 4.78 is 40.1. The molecule has 5 nitrogen and oxygen atoms in total. The molecule has 0 radical (unpaired) electrons. The van der Waals surface area contributed by atoms with Crippen molar-refractivity contribution < 1.29 is 32.6 Å². The summed E-state index contributed by atoms with van der Waals surface area (Å²) in [6.45, 7) is 0. The Balaban J connectivity index is 1.95. The minimum Gasteiger partial charge on any atom is -0.481 e. The number of aliphatic carboxylic acids is 1. The maximum atomic E-state index is 12.1. The number of alkyl halides is 3. The molecular formula is C18H15ClF3NO4. The van der Waals surface area contributed by atoms with Crippen molar-refractivity contribution >= 4 is 29.2 Å². The molecule has 9 heteroatoms. The van der Waals surface area contributed by atoms with Gasteiger partial charge in [-0.25, -0.2) is 0 Å². The molecule has 1 amide bonds. The zero-order valence-electron chi connectivity index (χ0n) is 13.8. The summed E-state index contributed by atoms with van der Waals surface area (Å²) in [7, 11) is 0. The Kier molecular flexibility index (Phi) is 6.68. The quantitative estimate of drug-likeness (QED) is 0.715. The fraction of sp³-hybridized carbons (Fsp3) is 0.222. The topological polar surface area (TPSA) is 75.6 Å². The second-order valence-electron chi connectivity index (χ2n) is 5.69. The lowest BCUT2D eigenvalue weighted by atomic mass is 9.96. The van der Waals surface area contributed by atoms with Gasteiger partial charge in [-0.3, -0.25) is 9.59 Å². The first-order valence-electron chi connectivity index (χ1n) is 7.75. The number of anilines is 1. The number of carbonyl (C=O) groups is 2. The summed E-state index contributed by atoms with van der Waals surface area (Å²) in [5.41, 5.74) is 0.943. The number of hydrogen-bond acceptors (Lipinski definition) is 3. The van der Waals surface area contributed by atoms with E-state index in [9.17, 15) is 27.9 Å². The maximum absolute atomic E-state index is 12.1. The molecule has 0 aliphatic rings.